The minimum Gasteiger partial charge on any atom is -0.496 e. The average Bonchev–Trinajstić information content (AvgIpc) is 2.55. The second-order valence-electron chi connectivity index (χ2n) is 5.08. The molecular weight excluding hydrogens is 408 g/mol. The van der Waals surface area contributed by atoms with Crippen molar-refractivity contribution in [3.8, 4) is 5.75 Å². The number of ether oxygens (including phenoxy) is 1. The number of nitrogens with one attached hydrogen (secondary N) is 2. The maximum Gasteiger partial charge on any atom is 0.248 e. The number of carbonyl (C=O) groups excluding carboxylic acids is 2. The fourth-order valence-corrected chi connectivity index (χ4v) is 2.62. The van der Waals surface area contributed by atoms with E-state index in [1.165, 1.54) is 13.0 Å². The number of benzene rings is 2. The summed E-state index contributed by atoms with van der Waals surface area (Å²) >= 11 is 9.47. The molecular formula is C18H16BrClN2O3. The van der Waals surface area contributed by atoms with Crippen molar-refractivity contribution in [3.63, 3.8) is 0 Å². The summed E-state index contributed by atoms with van der Waals surface area (Å²) in [6.45, 7) is 1.40. The molecule has 25 heavy (non-hydrogen) atoms. The van der Waals surface area contributed by atoms with Crippen molar-refractivity contribution in [2.24, 2.45) is 0 Å². The van der Waals surface area contributed by atoms with Gasteiger partial charge in [-0.05, 0) is 42.5 Å². The Hall–Kier alpha value is -2.31. The highest BCUT2D eigenvalue weighted by molar-refractivity contribution is 9.10. The van der Waals surface area contributed by atoms with Gasteiger partial charge in [0.05, 0.1) is 17.8 Å². The van der Waals surface area contributed by atoms with Gasteiger partial charge < -0.3 is 15.4 Å². The minimum absolute atomic E-state index is 0.207. The monoisotopic (exact) mass is 422 g/mol. The number of anilines is 2. The molecule has 0 aliphatic rings. The van der Waals surface area contributed by atoms with E-state index in [4.69, 9.17) is 16.3 Å². The Morgan fingerprint density at radius 2 is 1.92 bits per heavy atom. The average molecular weight is 424 g/mol. The molecule has 0 fully saturated rings. The Labute approximate surface area is 159 Å². The van der Waals surface area contributed by atoms with Gasteiger partial charge in [0, 0.05) is 28.7 Å². The zero-order valence-electron chi connectivity index (χ0n) is 13.6. The van der Waals surface area contributed by atoms with Crippen molar-refractivity contribution in [1.82, 2.24) is 0 Å². The van der Waals surface area contributed by atoms with Crippen LogP contribution in [-0.2, 0) is 9.59 Å². The maximum atomic E-state index is 12.2. The van der Waals surface area contributed by atoms with Gasteiger partial charge in [-0.3, -0.25) is 9.59 Å². The molecule has 0 saturated carbocycles. The van der Waals surface area contributed by atoms with Crippen LogP contribution in [0.3, 0.4) is 0 Å². The molecule has 2 rings (SSSR count). The standard InChI is InChI=1S/C18H16BrClN2O3/c1-11(23)21-14-5-6-15(20)16(10-14)22-18(24)8-3-12-9-13(19)4-7-17(12)25-2/h3-10H,1-2H3,(H,21,23)(H,22,24)/b8-3+. The third-order valence-electron chi connectivity index (χ3n) is 3.15. The third kappa shape index (κ3) is 5.62. The van der Waals surface area contributed by atoms with Gasteiger partial charge in [0.1, 0.15) is 5.75 Å². The van der Waals surface area contributed by atoms with E-state index in [1.54, 1.807) is 37.5 Å². The fourth-order valence-electron chi connectivity index (χ4n) is 2.08. The Morgan fingerprint density at radius 1 is 1.16 bits per heavy atom. The number of methoxy groups -OCH3 is 1. The lowest BCUT2D eigenvalue weighted by atomic mass is 10.2. The van der Waals surface area contributed by atoms with Crippen molar-refractivity contribution >= 4 is 56.8 Å². The molecule has 2 N–H and O–H groups in total. The summed E-state index contributed by atoms with van der Waals surface area (Å²) in [5.74, 6) is 0.0862. The molecule has 130 valence electrons. The molecule has 7 heteroatoms. The van der Waals surface area contributed by atoms with Crippen molar-refractivity contribution in [2.75, 3.05) is 17.7 Å². The van der Waals surface area contributed by atoms with E-state index < -0.39 is 0 Å². The SMILES string of the molecule is COc1ccc(Br)cc1/C=C/C(=O)Nc1cc(NC(C)=O)ccc1Cl. The zero-order valence-corrected chi connectivity index (χ0v) is 15.9. The van der Waals surface area contributed by atoms with Gasteiger partial charge >= 0.3 is 0 Å². The lowest BCUT2D eigenvalue weighted by Crippen LogP contribution is -2.10. The lowest BCUT2D eigenvalue weighted by molar-refractivity contribution is -0.114. The first-order chi connectivity index (χ1) is 11.9. The normalized spacial score (nSPS) is 10.6. The smallest absolute Gasteiger partial charge is 0.248 e. The summed E-state index contributed by atoms with van der Waals surface area (Å²) in [5, 5.41) is 5.69. The van der Waals surface area contributed by atoms with E-state index in [0.717, 1.165) is 10.0 Å². The summed E-state index contributed by atoms with van der Waals surface area (Å²) in [6, 6.07) is 10.3. The molecule has 0 atom stereocenters. The van der Waals surface area contributed by atoms with Crippen LogP contribution < -0.4 is 15.4 Å². The maximum absolute atomic E-state index is 12.2. The number of carbonyl (C=O) groups is 2. The number of hydrogen-bond acceptors (Lipinski definition) is 3. The minimum atomic E-state index is -0.357. The topological polar surface area (TPSA) is 67.4 Å². The molecule has 0 bridgehead atoms. The summed E-state index contributed by atoms with van der Waals surface area (Å²) in [6.07, 6.45) is 3.02. The van der Waals surface area contributed by atoms with Gasteiger partial charge in [-0.15, -0.1) is 0 Å². The quantitative estimate of drug-likeness (QED) is 0.684. The third-order valence-corrected chi connectivity index (χ3v) is 3.97. The molecule has 0 spiro atoms. The van der Waals surface area contributed by atoms with Crippen molar-refractivity contribution in [3.05, 3.63) is 57.5 Å². The van der Waals surface area contributed by atoms with Crippen LogP contribution in [0.4, 0.5) is 11.4 Å². The Balaban J connectivity index is 2.15. The van der Waals surface area contributed by atoms with Crippen LogP contribution in [0, 0.1) is 0 Å². The summed E-state index contributed by atoms with van der Waals surface area (Å²) in [4.78, 5) is 23.3. The highest BCUT2D eigenvalue weighted by Crippen LogP contribution is 2.26. The van der Waals surface area contributed by atoms with Gasteiger partial charge in [-0.2, -0.15) is 0 Å². The second kappa shape index (κ2) is 8.69. The first-order valence-electron chi connectivity index (χ1n) is 7.29. The van der Waals surface area contributed by atoms with Crippen LogP contribution in [0.5, 0.6) is 5.75 Å². The Kier molecular flexibility index (Phi) is 6.61. The summed E-state index contributed by atoms with van der Waals surface area (Å²) < 4.78 is 6.13. The first-order valence-corrected chi connectivity index (χ1v) is 8.46. The summed E-state index contributed by atoms with van der Waals surface area (Å²) in [5.41, 5.74) is 1.71. The molecule has 0 aliphatic heterocycles. The predicted octanol–water partition coefficient (Wildman–Crippen LogP) is 4.72. The molecule has 5 nitrogen and oxygen atoms in total. The molecule has 2 amide bonds. The fraction of sp³-hybridized carbons (Fsp3) is 0.111. The molecule has 0 saturated heterocycles. The number of hydrogen-bond donors (Lipinski definition) is 2. The van der Waals surface area contributed by atoms with Crippen LogP contribution in [0.1, 0.15) is 12.5 Å². The van der Waals surface area contributed by atoms with Gasteiger partial charge in [0.2, 0.25) is 11.8 Å². The van der Waals surface area contributed by atoms with Crippen molar-refractivity contribution in [2.45, 2.75) is 6.92 Å². The van der Waals surface area contributed by atoms with E-state index in [1.807, 2.05) is 12.1 Å². The highest BCUT2D eigenvalue weighted by atomic mass is 79.9. The number of rotatable bonds is 5. The van der Waals surface area contributed by atoms with E-state index in [9.17, 15) is 9.59 Å². The van der Waals surface area contributed by atoms with Gasteiger partial charge in [0.25, 0.3) is 0 Å². The highest BCUT2D eigenvalue weighted by Gasteiger charge is 2.07. The van der Waals surface area contributed by atoms with Crippen molar-refractivity contribution in [1.29, 1.82) is 0 Å². The zero-order chi connectivity index (χ0) is 18.4. The molecule has 0 radical (unpaired) electrons. The van der Waals surface area contributed by atoms with E-state index in [0.29, 0.717) is 22.1 Å². The second-order valence-corrected chi connectivity index (χ2v) is 6.41. The van der Waals surface area contributed by atoms with Gasteiger partial charge in [0.15, 0.2) is 0 Å². The molecule has 0 aliphatic carbocycles. The van der Waals surface area contributed by atoms with Crippen LogP contribution in [-0.4, -0.2) is 18.9 Å². The van der Waals surface area contributed by atoms with Crippen LogP contribution >= 0.6 is 27.5 Å². The van der Waals surface area contributed by atoms with E-state index in [2.05, 4.69) is 26.6 Å². The van der Waals surface area contributed by atoms with E-state index >= 15 is 0 Å². The molecule has 0 aromatic heterocycles. The van der Waals surface area contributed by atoms with Crippen molar-refractivity contribution < 1.29 is 14.3 Å². The molecule has 2 aromatic carbocycles. The number of halogens is 2. The lowest BCUT2D eigenvalue weighted by Gasteiger charge is -2.09. The Bertz CT molecular complexity index is 837. The first kappa shape index (κ1) is 19.0. The molecule has 0 unspecified atom stereocenters. The summed E-state index contributed by atoms with van der Waals surface area (Å²) in [7, 11) is 1.56. The van der Waals surface area contributed by atoms with Crippen LogP contribution in [0.15, 0.2) is 46.9 Å². The predicted molar refractivity (Wildman–Crippen MR) is 104 cm³/mol. The Morgan fingerprint density at radius 3 is 2.60 bits per heavy atom. The number of amides is 2. The van der Waals surface area contributed by atoms with Crippen LogP contribution in [0.25, 0.3) is 6.08 Å². The van der Waals surface area contributed by atoms with Gasteiger partial charge in [-0.1, -0.05) is 27.5 Å². The van der Waals surface area contributed by atoms with Gasteiger partial charge in [-0.25, -0.2) is 0 Å². The molecule has 0 heterocycles. The van der Waals surface area contributed by atoms with Crippen LogP contribution in [0.2, 0.25) is 5.02 Å². The van der Waals surface area contributed by atoms with E-state index in [-0.39, 0.29) is 11.8 Å². The molecule has 2 aromatic rings. The largest absolute Gasteiger partial charge is 0.496 e.